The Morgan fingerprint density at radius 3 is 3.04 bits per heavy atom. The van der Waals surface area contributed by atoms with Gasteiger partial charge in [0.15, 0.2) is 3.95 Å². The van der Waals surface area contributed by atoms with Crippen LogP contribution in [0.4, 0.5) is 5.82 Å². The average molecular weight is 389 g/mol. The maximum absolute atomic E-state index is 12.3. The summed E-state index contributed by atoms with van der Waals surface area (Å²) in [6, 6.07) is 9.75. The number of anilines is 1. The minimum Gasteiger partial charge on any atom is -0.461 e. The third-order valence-electron chi connectivity index (χ3n) is 3.90. The van der Waals surface area contributed by atoms with Crippen LogP contribution in [0.15, 0.2) is 39.9 Å². The van der Waals surface area contributed by atoms with Crippen molar-refractivity contribution in [3.8, 4) is 0 Å². The van der Waals surface area contributed by atoms with Gasteiger partial charge in [0.05, 0.1) is 0 Å². The zero-order chi connectivity index (χ0) is 18.5. The molecule has 136 valence electrons. The van der Waals surface area contributed by atoms with Crippen LogP contribution in [0.2, 0.25) is 0 Å². The Morgan fingerprint density at radius 2 is 2.27 bits per heavy atom. The molecule has 26 heavy (non-hydrogen) atoms. The molecular weight excluding hydrogens is 368 g/mol. The van der Waals surface area contributed by atoms with Crippen molar-refractivity contribution in [2.75, 3.05) is 5.73 Å². The fraction of sp³-hybridized carbons (Fsp3) is 0.278. The van der Waals surface area contributed by atoms with Gasteiger partial charge >= 0.3 is 0 Å². The first-order valence-corrected chi connectivity index (χ1v) is 9.61. The molecule has 0 aliphatic heterocycles. The molecule has 0 saturated heterocycles. The van der Waals surface area contributed by atoms with E-state index >= 15 is 0 Å². The van der Waals surface area contributed by atoms with E-state index in [9.17, 15) is 4.79 Å². The lowest BCUT2D eigenvalue weighted by atomic mass is 10.2. The Morgan fingerprint density at radius 1 is 1.46 bits per heavy atom. The lowest BCUT2D eigenvalue weighted by molar-refractivity contribution is 0.0959. The van der Waals surface area contributed by atoms with Crippen molar-refractivity contribution in [3.05, 3.63) is 44.9 Å². The van der Waals surface area contributed by atoms with Gasteiger partial charge in [-0.2, -0.15) is 5.10 Å². The van der Waals surface area contributed by atoms with Crippen molar-refractivity contribution in [1.29, 1.82) is 0 Å². The van der Waals surface area contributed by atoms with Gasteiger partial charge in [-0.05, 0) is 30.8 Å². The van der Waals surface area contributed by atoms with Crippen LogP contribution in [0.5, 0.6) is 0 Å². The summed E-state index contributed by atoms with van der Waals surface area (Å²) >= 11 is 6.50. The first-order valence-electron chi connectivity index (χ1n) is 8.38. The van der Waals surface area contributed by atoms with E-state index in [0.717, 1.165) is 36.1 Å². The van der Waals surface area contributed by atoms with Crippen molar-refractivity contribution >= 4 is 52.5 Å². The van der Waals surface area contributed by atoms with Crippen molar-refractivity contribution in [1.82, 2.24) is 9.99 Å². The predicted octanol–water partition coefficient (Wildman–Crippen LogP) is 4.37. The molecule has 8 heteroatoms. The van der Waals surface area contributed by atoms with Crippen LogP contribution >= 0.6 is 23.6 Å². The number of fused-ring (bicyclic) bond motifs is 1. The number of nitrogens with one attached hydrogen (secondary N) is 1. The second-order valence-corrected chi connectivity index (χ2v) is 7.44. The molecule has 0 atom stereocenters. The number of aromatic nitrogens is 1. The molecule has 3 rings (SSSR count). The number of hydrogen-bond acceptors (Lipinski definition) is 6. The van der Waals surface area contributed by atoms with E-state index in [1.54, 1.807) is 10.8 Å². The summed E-state index contributed by atoms with van der Waals surface area (Å²) in [5.74, 6) is 0.832. The first-order chi connectivity index (χ1) is 12.6. The maximum Gasteiger partial charge on any atom is 0.285 e. The van der Waals surface area contributed by atoms with E-state index in [-0.39, 0.29) is 5.91 Å². The molecule has 0 aliphatic rings. The minimum atomic E-state index is -0.352. The summed E-state index contributed by atoms with van der Waals surface area (Å²) in [5, 5.41) is 5.02. The number of hydrazone groups is 1. The Hall–Kier alpha value is -2.45. The number of thiazole rings is 1. The van der Waals surface area contributed by atoms with Gasteiger partial charge in [-0.25, -0.2) is 5.43 Å². The van der Waals surface area contributed by atoms with Crippen LogP contribution in [0.3, 0.4) is 0 Å². The highest BCUT2D eigenvalue weighted by Crippen LogP contribution is 2.22. The Bertz CT molecular complexity index is 967. The monoisotopic (exact) mass is 388 g/mol. The Balaban J connectivity index is 1.61. The summed E-state index contributed by atoms with van der Waals surface area (Å²) in [5.41, 5.74) is 9.40. The van der Waals surface area contributed by atoms with Gasteiger partial charge in [0, 0.05) is 24.6 Å². The molecule has 0 spiro atoms. The second-order valence-electron chi connectivity index (χ2n) is 5.79. The van der Waals surface area contributed by atoms with Crippen molar-refractivity contribution in [2.24, 2.45) is 5.10 Å². The molecule has 0 unspecified atom stereocenters. The number of carbonyl (C=O) groups excluding carboxylic acids is 1. The summed E-state index contributed by atoms with van der Waals surface area (Å²) in [6.45, 7) is 2.82. The fourth-order valence-electron chi connectivity index (χ4n) is 2.53. The largest absolute Gasteiger partial charge is 0.461 e. The molecule has 2 aromatic heterocycles. The number of nitrogen functional groups attached to an aromatic ring is 1. The standard InChI is InChI=1S/C18H20N4O2S2/c1-2-3-10-22-16(19)15(26-18(22)25)17(23)21-20-9-8-13-11-12-6-4-5-7-14(12)24-13/h4-7,9,11H,2-3,8,10,19H2,1H3,(H,21,23). The second kappa shape index (κ2) is 8.29. The third-order valence-corrected chi connectivity index (χ3v) is 5.37. The zero-order valence-corrected chi connectivity index (χ0v) is 16.0. The van der Waals surface area contributed by atoms with Crippen molar-refractivity contribution in [2.45, 2.75) is 32.7 Å². The highest BCUT2D eigenvalue weighted by atomic mass is 32.1. The van der Waals surface area contributed by atoms with E-state index in [2.05, 4.69) is 17.5 Å². The number of carbonyl (C=O) groups is 1. The molecular formula is C18H20N4O2S2. The van der Waals surface area contributed by atoms with Crippen LogP contribution in [0.1, 0.15) is 35.2 Å². The van der Waals surface area contributed by atoms with Gasteiger partial charge in [-0.3, -0.25) is 4.79 Å². The zero-order valence-electron chi connectivity index (χ0n) is 14.4. The van der Waals surface area contributed by atoms with Gasteiger partial charge in [-0.1, -0.05) is 42.9 Å². The number of rotatable bonds is 7. The van der Waals surface area contributed by atoms with Gasteiger partial charge < -0.3 is 14.7 Å². The molecule has 0 saturated carbocycles. The van der Waals surface area contributed by atoms with Crippen LogP contribution < -0.4 is 11.2 Å². The lowest BCUT2D eigenvalue weighted by Crippen LogP contribution is -2.18. The van der Waals surface area contributed by atoms with E-state index in [1.165, 1.54) is 11.3 Å². The van der Waals surface area contributed by atoms with E-state index < -0.39 is 0 Å². The highest BCUT2D eigenvalue weighted by molar-refractivity contribution is 7.73. The molecule has 1 aromatic carbocycles. The van der Waals surface area contributed by atoms with Crippen LogP contribution in [0, 0.1) is 3.95 Å². The number of furan rings is 1. The predicted molar refractivity (Wildman–Crippen MR) is 108 cm³/mol. The topological polar surface area (TPSA) is 85.5 Å². The molecule has 3 N–H and O–H groups in total. The summed E-state index contributed by atoms with van der Waals surface area (Å²) in [7, 11) is 0. The van der Waals surface area contributed by atoms with Gasteiger partial charge in [0.25, 0.3) is 5.91 Å². The Labute approximate surface area is 160 Å². The van der Waals surface area contributed by atoms with E-state index in [4.69, 9.17) is 22.4 Å². The molecule has 6 nitrogen and oxygen atoms in total. The number of benzene rings is 1. The van der Waals surface area contributed by atoms with Crippen molar-refractivity contribution in [3.63, 3.8) is 0 Å². The number of para-hydroxylation sites is 1. The number of unbranched alkanes of at least 4 members (excludes halogenated alkanes) is 1. The summed E-state index contributed by atoms with van der Waals surface area (Å²) in [6.07, 6.45) is 4.08. The molecule has 1 amide bonds. The van der Waals surface area contributed by atoms with Gasteiger partial charge in [0.2, 0.25) is 0 Å². The summed E-state index contributed by atoms with van der Waals surface area (Å²) in [4.78, 5) is 12.7. The maximum atomic E-state index is 12.3. The molecule has 3 aromatic rings. The number of hydrogen-bond donors (Lipinski definition) is 2. The molecule has 0 aliphatic carbocycles. The number of amides is 1. The normalized spacial score (nSPS) is 11.4. The van der Waals surface area contributed by atoms with Gasteiger partial charge in [-0.15, -0.1) is 0 Å². The average Bonchev–Trinajstić information content (AvgIpc) is 3.17. The molecule has 0 fully saturated rings. The molecule has 0 radical (unpaired) electrons. The van der Waals surface area contributed by atoms with E-state index in [0.29, 0.717) is 21.1 Å². The fourth-order valence-corrected chi connectivity index (χ4v) is 3.80. The van der Waals surface area contributed by atoms with Crippen LogP contribution in [-0.2, 0) is 13.0 Å². The number of nitrogens with zero attached hydrogens (tertiary/aromatic N) is 2. The lowest BCUT2D eigenvalue weighted by Gasteiger charge is -2.04. The van der Waals surface area contributed by atoms with Crippen LogP contribution in [-0.4, -0.2) is 16.7 Å². The smallest absolute Gasteiger partial charge is 0.285 e. The van der Waals surface area contributed by atoms with Crippen molar-refractivity contribution < 1.29 is 9.21 Å². The third kappa shape index (κ3) is 4.03. The quantitative estimate of drug-likeness (QED) is 0.358. The molecule has 0 bridgehead atoms. The highest BCUT2D eigenvalue weighted by Gasteiger charge is 2.16. The molecule has 2 heterocycles. The minimum absolute atomic E-state index is 0.352. The Kier molecular flexibility index (Phi) is 5.85. The first kappa shape index (κ1) is 18.3. The van der Waals surface area contributed by atoms with Crippen LogP contribution in [0.25, 0.3) is 11.0 Å². The van der Waals surface area contributed by atoms with Gasteiger partial charge in [0.1, 0.15) is 22.0 Å². The SMILES string of the molecule is CCCCn1c(N)c(C(=O)NN=CCc2cc3ccccc3o2)sc1=S. The number of nitrogens with two attached hydrogens (primary N) is 1. The van der Waals surface area contributed by atoms with E-state index in [1.807, 2.05) is 30.3 Å². The summed E-state index contributed by atoms with van der Waals surface area (Å²) < 4.78 is 8.10.